The Morgan fingerprint density at radius 2 is 2.00 bits per heavy atom. The number of fused-ring (bicyclic) bond motifs is 1. The number of carbonyl (C=O) groups excluding carboxylic acids is 1. The number of halogens is 1. The predicted octanol–water partition coefficient (Wildman–Crippen LogP) is 4.31. The Balaban J connectivity index is 2.00. The molecule has 8 nitrogen and oxygen atoms in total. The molecular weight excluding hydrogens is 427 g/mol. The van der Waals surface area contributed by atoms with E-state index in [9.17, 15) is 20.0 Å². The molecule has 24 heavy (non-hydrogen) atoms. The Morgan fingerprint density at radius 1 is 1.25 bits per heavy atom. The summed E-state index contributed by atoms with van der Waals surface area (Å²) >= 11 is 2.11. The van der Waals surface area contributed by atoms with Crippen molar-refractivity contribution in [2.24, 2.45) is 10.2 Å². The first-order chi connectivity index (χ1) is 11.5. The number of nitro benzene ring substituents is 1. The lowest BCUT2D eigenvalue weighted by molar-refractivity contribution is -0.385. The normalized spacial score (nSPS) is 11.2. The summed E-state index contributed by atoms with van der Waals surface area (Å²) in [5.41, 5.74) is 0.231. The molecule has 0 fully saturated rings. The second-order valence-electron chi connectivity index (χ2n) is 4.79. The Hall–Kier alpha value is -2.82. The second-order valence-corrected chi connectivity index (χ2v) is 6.04. The fourth-order valence-corrected chi connectivity index (χ4v) is 2.69. The third kappa shape index (κ3) is 2.97. The zero-order chi connectivity index (χ0) is 17.3. The molecule has 0 saturated heterocycles. The van der Waals surface area contributed by atoms with Crippen molar-refractivity contribution in [3.05, 3.63) is 61.7 Å². The maximum Gasteiger partial charge on any atom is 0.302 e. The summed E-state index contributed by atoms with van der Waals surface area (Å²) in [7, 11) is 0. The van der Waals surface area contributed by atoms with Gasteiger partial charge in [-0.15, -0.1) is 10.2 Å². The molecule has 0 aliphatic heterocycles. The zero-order valence-electron chi connectivity index (χ0n) is 11.9. The van der Waals surface area contributed by atoms with Crippen molar-refractivity contribution >= 4 is 50.8 Å². The minimum atomic E-state index is -0.860. The van der Waals surface area contributed by atoms with Crippen molar-refractivity contribution in [1.82, 2.24) is 4.98 Å². The molecule has 2 aromatic carbocycles. The number of hydrogen-bond donors (Lipinski definition) is 2. The van der Waals surface area contributed by atoms with Crippen molar-refractivity contribution in [1.29, 1.82) is 0 Å². The second kappa shape index (κ2) is 6.35. The molecule has 3 rings (SSSR count). The Morgan fingerprint density at radius 3 is 2.75 bits per heavy atom. The third-order valence-electron chi connectivity index (χ3n) is 3.29. The number of H-pyrrole nitrogens is 1. The summed E-state index contributed by atoms with van der Waals surface area (Å²) in [4.78, 5) is 25.1. The number of para-hydroxylation sites is 1. The van der Waals surface area contributed by atoms with Gasteiger partial charge in [0, 0.05) is 15.0 Å². The average Bonchev–Trinajstić information content (AvgIpc) is 2.87. The number of aromatic hydroxyl groups is 1. The molecule has 2 N–H and O–H groups in total. The summed E-state index contributed by atoms with van der Waals surface area (Å²) in [5, 5.41) is 28.8. The molecule has 9 heteroatoms. The van der Waals surface area contributed by atoms with Crippen molar-refractivity contribution in [2.45, 2.75) is 0 Å². The number of aromatic nitrogens is 1. The van der Waals surface area contributed by atoms with Gasteiger partial charge in [-0.25, -0.2) is 0 Å². The van der Waals surface area contributed by atoms with Crippen LogP contribution in [0, 0.1) is 13.7 Å². The van der Waals surface area contributed by atoms with Crippen molar-refractivity contribution in [3.63, 3.8) is 0 Å². The molecule has 0 aliphatic carbocycles. The summed E-state index contributed by atoms with van der Waals surface area (Å²) in [6, 6.07) is 10.9. The van der Waals surface area contributed by atoms with E-state index in [1.54, 1.807) is 12.1 Å². The largest absolute Gasteiger partial charge is 0.493 e. The topological polar surface area (TPSA) is 121 Å². The van der Waals surface area contributed by atoms with Crippen LogP contribution < -0.4 is 0 Å². The maximum absolute atomic E-state index is 12.1. The number of nitrogens with zero attached hydrogens (tertiary/aromatic N) is 3. The fraction of sp³-hybridized carbons (Fsp3) is 0. The maximum atomic E-state index is 12.1. The van der Waals surface area contributed by atoms with Gasteiger partial charge in [0.2, 0.25) is 5.88 Å². The van der Waals surface area contributed by atoms with Crippen LogP contribution in [0.15, 0.2) is 52.7 Å². The smallest absolute Gasteiger partial charge is 0.302 e. The molecule has 1 amide bonds. The molecule has 0 saturated carbocycles. The van der Waals surface area contributed by atoms with Crippen LogP contribution in [-0.2, 0) is 0 Å². The van der Waals surface area contributed by atoms with E-state index < -0.39 is 10.8 Å². The van der Waals surface area contributed by atoms with Gasteiger partial charge in [-0.1, -0.05) is 12.1 Å². The summed E-state index contributed by atoms with van der Waals surface area (Å²) in [6.07, 6.45) is 0. The van der Waals surface area contributed by atoms with E-state index in [4.69, 9.17) is 0 Å². The van der Waals surface area contributed by atoms with Gasteiger partial charge in [0.1, 0.15) is 5.56 Å². The highest BCUT2D eigenvalue weighted by atomic mass is 127. The first-order valence-electron chi connectivity index (χ1n) is 6.67. The third-order valence-corrected chi connectivity index (χ3v) is 3.96. The molecule has 0 unspecified atom stereocenters. The summed E-state index contributed by atoms with van der Waals surface area (Å²) < 4.78 is 0.917. The minimum Gasteiger partial charge on any atom is -0.493 e. The molecule has 0 radical (unpaired) electrons. The number of carbonyl (C=O) groups is 1. The number of nitrogens with one attached hydrogen (secondary N) is 1. The molecule has 3 aromatic rings. The van der Waals surface area contributed by atoms with Crippen LogP contribution in [0.2, 0.25) is 0 Å². The number of hydrogen-bond acceptors (Lipinski definition) is 5. The fourth-order valence-electron chi connectivity index (χ4n) is 2.20. The van der Waals surface area contributed by atoms with Gasteiger partial charge in [-0.3, -0.25) is 14.9 Å². The average molecular weight is 436 g/mol. The highest BCUT2D eigenvalue weighted by Crippen LogP contribution is 2.36. The molecule has 120 valence electrons. The highest BCUT2D eigenvalue weighted by Gasteiger charge is 2.19. The first kappa shape index (κ1) is 16.1. The number of benzene rings is 2. The van der Waals surface area contributed by atoms with E-state index in [1.165, 1.54) is 24.3 Å². The van der Waals surface area contributed by atoms with Crippen molar-refractivity contribution in [3.8, 4) is 5.88 Å². The van der Waals surface area contributed by atoms with E-state index in [0.717, 1.165) is 3.57 Å². The van der Waals surface area contributed by atoms with Gasteiger partial charge < -0.3 is 10.1 Å². The van der Waals surface area contributed by atoms with Crippen molar-refractivity contribution < 1.29 is 14.8 Å². The molecule has 1 heterocycles. The van der Waals surface area contributed by atoms with Crippen LogP contribution >= 0.6 is 22.6 Å². The van der Waals surface area contributed by atoms with Gasteiger partial charge >= 0.3 is 5.91 Å². The lowest BCUT2D eigenvalue weighted by Crippen LogP contribution is -2.00. The predicted molar refractivity (Wildman–Crippen MR) is 94.6 cm³/mol. The number of aromatic amines is 1. The van der Waals surface area contributed by atoms with Crippen LogP contribution in [-0.4, -0.2) is 20.9 Å². The Labute approximate surface area is 148 Å². The summed E-state index contributed by atoms with van der Waals surface area (Å²) in [6.45, 7) is 0. The number of amides is 1. The number of azo groups is 1. The van der Waals surface area contributed by atoms with E-state index in [-0.39, 0.29) is 22.8 Å². The van der Waals surface area contributed by atoms with Gasteiger partial charge in [0.25, 0.3) is 5.69 Å². The van der Waals surface area contributed by atoms with Gasteiger partial charge in [-0.2, -0.15) is 0 Å². The highest BCUT2D eigenvalue weighted by molar-refractivity contribution is 14.1. The van der Waals surface area contributed by atoms with E-state index in [1.807, 2.05) is 6.07 Å². The minimum absolute atomic E-state index is 0.107. The van der Waals surface area contributed by atoms with Crippen LogP contribution in [0.25, 0.3) is 10.9 Å². The molecule has 1 aromatic heterocycles. The quantitative estimate of drug-likeness (QED) is 0.275. The lowest BCUT2D eigenvalue weighted by Gasteiger charge is -1.97. The molecule has 0 atom stereocenters. The van der Waals surface area contributed by atoms with Crippen molar-refractivity contribution in [2.75, 3.05) is 0 Å². The molecule has 0 spiro atoms. The van der Waals surface area contributed by atoms with E-state index in [2.05, 4.69) is 37.8 Å². The Kier molecular flexibility index (Phi) is 4.25. The lowest BCUT2D eigenvalue weighted by atomic mass is 10.2. The number of nitro groups is 1. The standard InChI is InChI=1S/C15H9IN4O4/c16-8-5-6-11-10(7-8)13(15(22)17-11)18-19-14(21)9-3-1-2-4-12(9)20(23)24/h1-7,17,22H. The van der Waals surface area contributed by atoms with E-state index in [0.29, 0.717) is 10.9 Å². The van der Waals surface area contributed by atoms with Gasteiger partial charge in [0.05, 0.1) is 10.4 Å². The SMILES string of the molecule is O=C(N=Nc1c(O)[nH]c2ccc(I)cc12)c1ccccc1[N+](=O)[O-]. The monoisotopic (exact) mass is 436 g/mol. The molecular formula is C15H9IN4O4. The first-order valence-corrected chi connectivity index (χ1v) is 7.75. The molecule has 0 bridgehead atoms. The van der Waals surface area contributed by atoms with Gasteiger partial charge in [0.15, 0.2) is 5.69 Å². The van der Waals surface area contributed by atoms with Crippen LogP contribution in [0.3, 0.4) is 0 Å². The van der Waals surface area contributed by atoms with Gasteiger partial charge in [-0.05, 0) is 46.9 Å². The van der Waals surface area contributed by atoms with Crippen LogP contribution in [0.1, 0.15) is 10.4 Å². The summed E-state index contributed by atoms with van der Waals surface area (Å²) in [5.74, 6) is -1.09. The Bertz CT molecular complexity index is 996. The van der Waals surface area contributed by atoms with Crippen LogP contribution in [0.4, 0.5) is 11.4 Å². The van der Waals surface area contributed by atoms with Crippen LogP contribution in [0.5, 0.6) is 5.88 Å². The van der Waals surface area contributed by atoms with E-state index >= 15 is 0 Å². The zero-order valence-corrected chi connectivity index (χ0v) is 14.1. The molecule has 0 aliphatic rings. The number of rotatable bonds is 3.